The fraction of sp³-hybridized carbons (Fsp3) is 0.857. The highest BCUT2D eigenvalue weighted by Crippen LogP contribution is 2.04. The molecule has 49 valence electrons. The number of hydrogen-bond acceptors (Lipinski definition) is 1. The third-order valence-corrected chi connectivity index (χ3v) is 1.08. The van der Waals surface area contributed by atoms with Crippen LogP contribution in [0.2, 0.25) is 0 Å². The Kier molecular flexibility index (Phi) is 3.88. The Morgan fingerprint density at radius 1 is 1.38 bits per heavy atom. The van der Waals surface area contributed by atoms with Gasteiger partial charge in [-0.15, -0.1) is 0 Å². The van der Waals surface area contributed by atoms with Gasteiger partial charge in [-0.05, 0) is 25.7 Å². The Balaban J connectivity index is 2.93. The summed E-state index contributed by atoms with van der Waals surface area (Å²) in [6.45, 7) is 7.67. The lowest BCUT2D eigenvalue weighted by atomic mass is 10.1. The van der Waals surface area contributed by atoms with Gasteiger partial charge in [0.15, 0.2) is 0 Å². The molecule has 2 atom stereocenters. The van der Waals surface area contributed by atoms with E-state index in [4.69, 9.17) is 5.11 Å². The van der Waals surface area contributed by atoms with E-state index in [-0.39, 0.29) is 6.10 Å². The summed E-state index contributed by atoms with van der Waals surface area (Å²) in [5, 5.41) is 8.77. The van der Waals surface area contributed by atoms with E-state index < -0.39 is 0 Å². The Hall–Kier alpha value is -0.0400. The van der Waals surface area contributed by atoms with Gasteiger partial charge in [-0.1, -0.05) is 13.8 Å². The van der Waals surface area contributed by atoms with Crippen LogP contribution in [-0.2, 0) is 0 Å². The van der Waals surface area contributed by atoms with Crippen LogP contribution in [0.1, 0.15) is 26.7 Å². The van der Waals surface area contributed by atoms with E-state index in [9.17, 15) is 0 Å². The normalized spacial score (nSPS) is 14.6. The smallest absolute Gasteiger partial charge is 0.0512 e. The van der Waals surface area contributed by atoms with Crippen LogP contribution in [0.3, 0.4) is 0 Å². The second-order valence-corrected chi connectivity index (χ2v) is 2.53. The molecule has 0 fully saturated rings. The summed E-state index contributed by atoms with van der Waals surface area (Å²) in [6, 6.07) is 0. The molecule has 1 heteroatoms. The molecule has 0 aliphatic carbocycles. The molecule has 0 rings (SSSR count). The topological polar surface area (TPSA) is 20.2 Å². The Morgan fingerprint density at radius 2 is 1.88 bits per heavy atom. The third kappa shape index (κ3) is 5.96. The van der Waals surface area contributed by atoms with Gasteiger partial charge in [0.05, 0.1) is 6.10 Å². The van der Waals surface area contributed by atoms with E-state index >= 15 is 0 Å². The van der Waals surface area contributed by atoms with Gasteiger partial charge in [-0.2, -0.15) is 0 Å². The van der Waals surface area contributed by atoms with Crippen molar-refractivity contribution >= 4 is 0 Å². The van der Waals surface area contributed by atoms with Gasteiger partial charge in [-0.3, -0.25) is 0 Å². The minimum Gasteiger partial charge on any atom is -0.393 e. The van der Waals surface area contributed by atoms with Crippen molar-refractivity contribution in [3.63, 3.8) is 0 Å². The average Bonchev–Trinajstić information content (AvgIpc) is 1.61. The molecule has 0 saturated heterocycles. The Morgan fingerprint density at radius 3 is 2.00 bits per heavy atom. The number of rotatable bonds is 3. The van der Waals surface area contributed by atoms with Crippen molar-refractivity contribution in [1.82, 2.24) is 0 Å². The first-order valence-electron chi connectivity index (χ1n) is 3.14. The van der Waals surface area contributed by atoms with Gasteiger partial charge in [0.1, 0.15) is 0 Å². The van der Waals surface area contributed by atoms with Crippen LogP contribution in [0.15, 0.2) is 0 Å². The molecule has 1 N–H and O–H groups in total. The summed E-state index contributed by atoms with van der Waals surface area (Å²) in [6.07, 6.45) is 1.75. The van der Waals surface area contributed by atoms with E-state index in [1.165, 1.54) is 0 Å². The van der Waals surface area contributed by atoms with E-state index in [0.29, 0.717) is 5.92 Å². The summed E-state index contributed by atoms with van der Waals surface area (Å²) in [5.74, 6) is 0.476. The monoisotopic (exact) mass is 115 g/mol. The van der Waals surface area contributed by atoms with Crippen molar-refractivity contribution in [1.29, 1.82) is 0 Å². The average molecular weight is 115 g/mol. The first-order chi connectivity index (χ1) is 3.63. The minimum atomic E-state index is -0.154. The molecule has 0 aliphatic rings. The van der Waals surface area contributed by atoms with E-state index in [2.05, 4.69) is 13.8 Å². The van der Waals surface area contributed by atoms with Crippen molar-refractivity contribution in [3.8, 4) is 0 Å². The molecule has 0 aliphatic heterocycles. The fourth-order valence-electron chi connectivity index (χ4n) is 0.526. The first kappa shape index (κ1) is 7.96. The van der Waals surface area contributed by atoms with Gasteiger partial charge >= 0.3 is 0 Å². The third-order valence-electron chi connectivity index (χ3n) is 1.08. The molecule has 0 bridgehead atoms. The van der Waals surface area contributed by atoms with Gasteiger partial charge in [0.2, 0.25) is 0 Å². The highest BCUT2D eigenvalue weighted by atomic mass is 16.3. The van der Waals surface area contributed by atoms with Crippen molar-refractivity contribution in [2.24, 2.45) is 5.92 Å². The predicted molar refractivity (Wildman–Crippen MR) is 35.4 cm³/mol. The summed E-state index contributed by atoms with van der Waals surface area (Å²) in [7, 11) is 0. The summed E-state index contributed by atoms with van der Waals surface area (Å²) in [4.78, 5) is 0. The van der Waals surface area contributed by atoms with Crippen molar-refractivity contribution in [2.75, 3.05) is 0 Å². The second kappa shape index (κ2) is 3.90. The molecule has 0 heterocycles. The molecule has 1 nitrogen and oxygen atoms in total. The molecule has 0 aromatic rings. The maximum atomic E-state index is 8.77. The largest absolute Gasteiger partial charge is 0.393 e. The SMILES string of the molecule is [CH2]C(C)CCC(C)O. The van der Waals surface area contributed by atoms with Crippen LogP contribution in [-0.4, -0.2) is 11.2 Å². The number of hydrogen-bond donors (Lipinski definition) is 1. The highest BCUT2D eigenvalue weighted by Gasteiger charge is 1.97. The molecule has 0 spiro atoms. The summed E-state index contributed by atoms with van der Waals surface area (Å²) >= 11 is 0. The van der Waals surface area contributed by atoms with E-state index in [0.717, 1.165) is 12.8 Å². The highest BCUT2D eigenvalue weighted by molar-refractivity contribution is 4.56. The molecular formula is C7H15O. The molecule has 0 aromatic heterocycles. The molecule has 2 unspecified atom stereocenters. The van der Waals surface area contributed by atoms with Gasteiger partial charge in [-0.25, -0.2) is 0 Å². The predicted octanol–water partition coefficient (Wildman–Crippen LogP) is 1.62. The molecule has 8 heavy (non-hydrogen) atoms. The maximum Gasteiger partial charge on any atom is 0.0512 e. The van der Waals surface area contributed by atoms with Gasteiger partial charge < -0.3 is 5.11 Å². The lowest BCUT2D eigenvalue weighted by Gasteiger charge is -2.04. The number of aliphatic hydroxyl groups is 1. The summed E-state index contributed by atoms with van der Waals surface area (Å²) < 4.78 is 0. The van der Waals surface area contributed by atoms with E-state index in [1.807, 2.05) is 6.92 Å². The van der Waals surface area contributed by atoms with Crippen LogP contribution in [0.4, 0.5) is 0 Å². The van der Waals surface area contributed by atoms with Crippen molar-refractivity contribution in [2.45, 2.75) is 32.8 Å². The molecule has 0 saturated carbocycles. The molecule has 1 radical (unpaired) electrons. The second-order valence-electron chi connectivity index (χ2n) is 2.53. The maximum absolute atomic E-state index is 8.77. The zero-order valence-corrected chi connectivity index (χ0v) is 5.72. The molecule has 0 aromatic carbocycles. The minimum absolute atomic E-state index is 0.154. The lowest BCUT2D eigenvalue weighted by Crippen LogP contribution is -2.01. The van der Waals surface area contributed by atoms with Gasteiger partial charge in [0, 0.05) is 0 Å². The first-order valence-corrected chi connectivity index (χ1v) is 3.14. The Labute approximate surface area is 51.7 Å². The molecule has 0 amide bonds. The Bertz CT molecular complexity index is 40.3. The van der Waals surface area contributed by atoms with Crippen molar-refractivity contribution in [3.05, 3.63) is 6.92 Å². The molecular weight excluding hydrogens is 100 g/mol. The van der Waals surface area contributed by atoms with Crippen LogP contribution < -0.4 is 0 Å². The van der Waals surface area contributed by atoms with Crippen LogP contribution in [0.25, 0.3) is 0 Å². The van der Waals surface area contributed by atoms with Crippen LogP contribution in [0, 0.1) is 12.8 Å². The fourth-order valence-corrected chi connectivity index (χ4v) is 0.526. The zero-order valence-electron chi connectivity index (χ0n) is 5.72. The standard InChI is InChI=1S/C7H15O/c1-6(2)4-5-7(3)8/h6-8H,1,4-5H2,2-3H3. The zero-order chi connectivity index (χ0) is 6.57. The van der Waals surface area contributed by atoms with Crippen LogP contribution in [0.5, 0.6) is 0 Å². The van der Waals surface area contributed by atoms with Gasteiger partial charge in [0.25, 0.3) is 0 Å². The quantitative estimate of drug-likeness (QED) is 0.592. The number of aliphatic hydroxyl groups excluding tert-OH is 1. The van der Waals surface area contributed by atoms with E-state index in [1.54, 1.807) is 0 Å². The van der Waals surface area contributed by atoms with Crippen LogP contribution >= 0.6 is 0 Å². The summed E-state index contributed by atoms with van der Waals surface area (Å²) in [5.41, 5.74) is 0. The lowest BCUT2D eigenvalue weighted by molar-refractivity contribution is 0.177. The van der Waals surface area contributed by atoms with Crippen molar-refractivity contribution < 1.29 is 5.11 Å².